The lowest BCUT2D eigenvalue weighted by Gasteiger charge is -2.11. The number of thiophene rings is 1. The molecule has 0 radical (unpaired) electrons. The van der Waals surface area contributed by atoms with Gasteiger partial charge in [0.05, 0.1) is 35.0 Å². The first-order valence-electron chi connectivity index (χ1n) is 11.7. The number of esters is 1. The average Bonchev–Trinajstić information content (AvgIpc) is 3.63. The van der Waals surface area contributed by atoms with E-state index in [0.717, 1.165) is 29.7 Å². The molecule has 0 spiro atoms. The van der Waals surface area contributed by atoms with E-state index < -0.39 is 5.97 Å². The number of fused-ring (bicyclic) bond motifs is 4. The van der Waals surface area contributed by atoms with Gasteiger partial charge in [-0.05, 0) is 49.1 Å². The first-order chi connectivity index (χ1) is 18.1. The van der Waals surface area contributed by atoms with Crippen LogP contribution in [0.5, 0.6) is 0 Å². The number of anilines is 1. The molecule has 0 saturated heterocycles. The Kier molecular flexibility index (Phi) is 6.01. The van der Waals surface area contributed by atoms with Crippen LogP contribution in [0.3, 0.4) is 0 Å². The van der Waals surface area contributed by atoms with Gasteiger partial charge in [0.2, 0.25) is 11.7 Å². The topological polar surface area (TPSA) is 108 Å². The van der Waals surface area contributed by atoms with Gasteiger partial charge in [-0.15, -0.1) is 21.5 Å². The number of aromatic nitrogens is 4. The molecule has 0 fully saturated rings. The van der Waals surface area contributed by atoms with Crippen molar-refractivity contribution >= 4 is 56.7 Å². The number of hydrogen-bond donors (Lipinski definition) is 1. The van der Waals surface area contributed by atoms with E-state index in [2.05, 4.69) is 15.5 Å². The zero-order valence-electron chi connectivity index (χ0n) is 19.8. The highest BCUT2D eigenvalue weighted by atomic mass is 32.2. The monoisotopic (exact) mass is 531 g/mol. The largest absolute Gasteiger partial charge is 0.465 e. The molecule has 6 rings (SSSR count). The Morgan fingerprint density at radius 1 is 1.08 bits per heavy atom. The summed E-state index contributed by atoms with van der Waals surface area (Å²) in [5.41, 5.74) is 2.58. The molecule has 2 aromatic carbocycles. The van der Waals surface area contributed by atoms with E-state index >= 15 is 0 Å². The van der Waals surface area contributed by atoms with Crippen LogP contribution in [0.1, 0.15) is 27.2 Å². The predicted octanol–water partition coefficient (Wildman–Crippen LogP) is 4.10. The van der Waals surface area contributed by atoms with Gasteiger partial charge in [-0.3, -0.25) is 14.0 Å². The smallest absolute Gasteiger partial charge is 0.341 e. The van der Waals surface area contributed by atoms with Gasteiger partial charge < -0.3 is 10.1 Å². The summed E-state index contributed by atoms with van der Waals surface area (Å²) in [5.74, 6) is -0.299. The van der Waals surface area contributed by atoms with Gasteiger partial charge in [0.25, 0.3) is 5.56 Å². The van der Waals surface area contributed by atoms with Crippen molar-refractivity contribution in [1.29, 1.82) is 0 Å². The number of carbonyl (C=O) groups is 2. The van der Waals surface area contributed by atoms with Gasteiger partial charge in [0.15, 0.2) is 5.16 Å². The van der Waals surface area contributed by atoms with Crippen molar-refractivity contribution in [2.45, 2.75) is 24.4 Å². The summed E-state index contributed by atoms with van der Waals surface area (Å²) < 4.78 is 8.29. The number of amides is 1. The van der Waals surface area contributed by atoms with Crippen LogP contribution in [0, 0.1) is 0 Å². The van der Waals surface area contributed by atoms with Crippen LogP contribution in [0.15, 0.2) is 64.5 Å². The van der Waals surface area contributed by atoms with Crippen LogP contribution >= 0.6 is 23.1 Å². The maximum atomic E-state index is 13.4. The Bertz CT molecular complexity index is 1740. The minimum Gasteiger partial charge on any atom is -0.465 e. The molecule has 1 N–H and O–H groups in total. The zero-order valence-corrected chi connectivity index (χ0v) is 21.4. The Morgan fingerprint density at radius 2 is 1.86 bits per heavy atom. The minimum atomic E-state index is -0.434. The number of nitrogens with one attached hydrogen (secondary N) is 1. The number of thioether (sulfide) groups is 1. The third-order valence-electron chi connectivity index (χ3n) is 6.31. The fraction of sp³-hybridized carbons (Fsp3) is 0.192. The zero-order chi connectivity index (χ0) is 25.5. The van der Waals surface area contributed by atoms with E-state index in [1.54, 1.807) is 10.5 Å². The molecule has 11 heteroatoms. The number of benzene rings is 2. The van der Waals surface area contributed by atoms with Crippen molar-refractivity contribution in [1.82, 2.24) is 19.2 Å². The molecule has 0 saturated carbocycles. The van der Waals surface area contributed by atoms with Gasteiger partial charge in [-0.2, -0.15) is 0 Å². The molecule has 1 aliphatic rings. The molecule has 0 atom stereocenters. The fourth-order valence-corrected chi connectivity index (χ4v) is 6.72. The number of hydrogen-bond acceptors (Lipinski definition) is 8. The Hall–Kier alpha value is -3.96. The van der Waals surface area contributed by atoms with Crippen LogP contribution < -0.4 is 10.9 Å². The number of nitrogens with zero attached hydrogens (tertiary/aromatic N) is 4. The second-order valence-electron chi connectivity index (χ2n) is 8.50. The molecule has 186 valence electrons. The summed E-state index contributed by atoms with van der Waals surface area (Å²) >= 11 is 2.65. The number of aryl methyl sites for hydroxylation is 1. The molecule has 1 aliphatic carbocycles. The Labute approximate surface area is 219 Å². The summed E-state index contributed by atoms with van der Waals surface area (Å²) in [7, 11) is 1.35. The van der Waals surface area contributed by atoms with E-state index in [1.807, 2.05) is 48.5 Å². The van der Waals surface area contributed by atoms with Crippen molar-refractivity contribution in [3.63, 3.8) is 0 Å². The van der Waals surface area contributed by atoms with Crippen molar-refractivity contribution in [2.75, 3.05) is 18.2 Å². The fourth-order valence-electron chi connectivity index (χ4n) is 4.69. The first-order valence-corrected chi connectivity index (χ1v) is 13.5. The first kappa shape index (κ1) is 23.4. The van der Waals surface area contributed by atoms with E-state index in [9.17, 15) is 14.4 Å². The van der Waals surface area contributed by atoms with Crippen LogP contribution in [-0.4, -0.2) is 43.9 Å². The van der Waals surface area contributed by atoms with Gasteiger partial charge in [0.1, 0.15) is 5.00 Å². The quantitative estimate of drug-likeness (QED) is 0.260. The maximum absolute atomic E-state index is 13.4. The third kappa shape index (κ3) is 4.00. The van der Waals surface area contributed by atoms with Crippen molar-refractivity contribution in [3.8, 4) is 5.69 Å². The van der Waals surface area contributed by atoms with E-state index in [1.165, 1.54) is 34.8 Å². The molecule has 3 heterocycles. The number of para-hydroxylation sites is 2. The summed E-state index contributed by atoms with van der Waals surface area (Å²) in [5, 5.41) is 13.0. The van der Waals surface area contributed by atoms with Crippen LogP contribution in [0.2, 0.25) is 0 Å². The normalized spacial score (nSPS) is 12.7. The van der Waals surface area contributed by atoms with Crippen molar-refractivity contribution < 1.29 is 14.3 Å². The molecular weight excluding hydrogens is 510 g/mol. The molecule has 0 bridgehead atoms. The second kappa shape index (κ2) is 9.49. The SMILES string of the molecule is COC(=O)c1c(NC(=O)CSc2nnc3n(-c4ccccc4)c(=O)c4ccccc4n23)sc2c1CCC2. The van der Waals surface area contributed by atoms with Crippen LogP contribution in [-0.2, 0) is 22.4 Å². The van der Waals surface area contributed by atoms with Crippen molar-refractivity contribution in [2.24, 2.45) is 0 Å². The Morgan fingerprint density at radius 3 is 2.68 bits per heavy atom. The molecule has 1 amide bonds. The lowest BCUT2D eigenvalue weighted by molar-refractivity contribution is -0.113. The van der Waals surface area contributed by atoms with Crippen LogP contribution in [0.25, 0.3) is 22.4 Å². The van der Waals surface area contributed by atoms with Crippen LogP contribution in [0.4, 0.5) is 5.00 Å². The molecular formula is C26H21N5O4S2. The number of ether oxygens (including phenoxy) is 1. The standard InChI is InChI=1S/C26H21N5O4S2/c1-35-24(34)21-17-11-7-13-19(17)37-22(21)27-20(32)14-36-26-29-28-25-30(15-8-3-2-4-9-15)23(33)16-10-5-6-12-18(16)31(25)26/h2-6,8-10,12H,7,11,13-14H2,1H3,(H,27,32). The predicted molar refractivity (Wildman–Crippen MR) is 143 cm³/mol. The highest BCUT2D eigenvalue weighted by Gasteiger charge is 2.28. The van der Waals surface area contributed by atoms with E-state index in [0.29, 0.717) is 38.1 Å². The summed E-state index contributed by atoms with van der Waals surface area (Å²) in [6, 6.07) is 16.5. The molecule has 0 aliphatic heterocycles. The number of carbonyl (C=O) groups excluding carboxylic acids is 2. The average molecular weight is 532 g/mol. The molecule has 0 unspecified atom stereocenters. The molecule has 37 heavy (non-hydrogen) atoms. The lowest BCUT2D eigenvalue weighted by atomic mass is 10.1. The number of rotatable bonds is 6. The van der Waals surface area contributed by atoms with E-state index in [-0.39, 0.29) is 17.2 Å². The summed E-state index contributed by atoms with van der Waals surface area (Å²) in [6.45, 7) is 0. The number of methoxy groups -OCH3 is 1. The molecule has 5 aromatic rings. The summed E-state index contributed by atoms with van der Waals surface area (Å²) in [6.07, 6.45) is 2.70. The van der Waals surface area contributed by atoms with Gasteiger partial charge in [0, 0.05) is 4.88 Å². The lowest BCUT2D eigenvalue weighted by Crippen LogP contribution is -2.22. The Balaban J connectivity index is 1.34. The van der Waals surface area contributed by atoms with Gasteiger partial charge in [-0.1, -0.05) is 42.1 Å². The molecule has 9 nitrogen and oxygen atoms in total. The van der Waals surface area contributed by atoms with Crippen molar-refractivity contribution in [3.05, 3.63) is 81.0 Å². The third-order valence-corrected chi connectivity index (χ3v) is 8.44. The minimum absolute atomic E-state index is 0.0444. The second-order valence-corrected chi connectivity index (χ2v) is 10.5. The van der Waals surface area contributed by atoms with Gasteiger partial charge >= 0.3 is 5.97 Å². The molecule has 3 aromatic heterocycles. The van der Waals surface area contributed by atoms with Gasteiger partial charge in [-0.25, -0.2) is 9.36 Å². The highest BCUT2D eigenvalue weighted by Crippen LogP contribution is 2.39. The van der Waals surface area contributed by atoms with E-state index in [4.69, 9.17) is 4.74 Å². The summed E-state index contributed by atoms with van der Waals surface area (Å²) in [4.78, 5) is 39.8. The maximum Gasteiger partial charge on any atom is 0.341 e. The highest BCUT2D eigenvalue weighted by molar-refractivity contribution is 7.99.